The molecular formula is C17H24BrNO2. The SMILES string of the molecule is CCCCCCCC(=O)C(=O)N(C)Cc1cccc(Br)c1. The van der Waals surface area contributed by atoms with Crippen LogP contribution in [0.5, 0.6) is 0 Å². The fourth-order valence-corrected chi connectivity index (χ4v) is 2.64. The molecule has 0 N–H and O–H groups in total. The number of unbranched alkanes of at least 4 members (excludes halogenated alkanes) is 4. The number of likely N-dealkylation sites (N-methyl/N-ethyl adjacent to an activating group) is 1. The molecule has 0 radical (unpaired) electrons. The van der Waals surface area contributed by atoms with Gasteiger partial charge in [0, 0.05) is 24.5 Å². The van der Waals surface area contributed by atoms with E-state index in [0.717, 1.165) is 29.3 Å². The quantitative estimate of drug-likeness (QED) is 0.489. The van der Waals surface area contributed by atoms with Crippen molar-refractivity contribution in [3.05, 3.63) is 34.3 Å². The topological polar surface area (TPSA) is 37.4 Å². The standard InChI is InChI=1S/C17H24BrNO2/c1-3-4-5-6-7-11-16(20)17(21)19(2)13-14-9-8-10-15(18)12-14/h8-10,12H,3-7,11,13H2,1-2H3. The molecule has 0 spiro atoms. The van der Waals surface area contributed by atoms with Gasteiger partial charge in [0.05, 0.1) is 0 Å². The second kappa shape index (κ2) is 9.72. The van der Waals surface area contributed by atoms with Gasteiger partial charge in [-0.1, -0.05) is 60.7 Å². The molecule has 1 rings (SSSR count). The molecule has 0 aromatic heterocycles. The Balaban J connectivity index is 2.37. The summed E-state index contributed by atoms with van der Waals surface area (Å²) in [5, 5.41) is 0. The van der Waals surface area contributed by atoms with Crippen LogP contribution in [0.4, 0.5) is 0 Å². The fraction of sp³-hybridized carbons (Fsp3) is 0.529. The Hall–Kier alpha value is -1.16. The highest BCUT2D eigenvalue weighted by Gasteiger charge is 2.18. The zero-order valence-corrected chi connectivity index (χ0v) is 14.5. The molecule has 21 heavy (non-hydrogen) atoms. The van der Waals surface area contributed by atoms with Crippen LogP contribution in [0.2, 0.25) is 0 Å². The average Bonchev–Trinajstić information content (AvgIpc) is 2.46. The Morgan fingerprint density at radius 2 is 1.86 bits per heavy atom. The number of Topliss-reactive ketones (excluding diaryl/α,β-unsaturated/α-hetero) is 1. The molecule has 1 amide bonds. The monoisotopic (exact) mass is 353 g/mol. The van der Waals surface area contributed by atoms with E-state index in [1.165, 1.54) is 17.7 Å². The summed E-state index contributed by atoms with van der Waals surface area (Å²) in [5.41, 5.74) is 1.01. The smallest absolute Gasteiger partial charge is 0.289 e. The van der Waals surface area contributed by atoms with Crippen molar-refractivity contribution < 1.29 is 9.59 Å². The van der Waals surface area contributed by atoms with E-state index in [2.05, 4.69) is 22.9 Å². The normalized spacial score (nSPS) is 10.4. The minimum absolute atomic E-state index is 0.274. The first-order valence-corrected chi connectivity index (χ1v) is 8.36. The molecule has 0 aliphatic rings. The van der Waals surface area contributed by atoms with Crippen LogP contribution in [0.15, 0.2) is 28.7 Å². The summed E-state index contributed by atoms with van der Waals surface area (Å²) >= 11 is 3.40. The van der Waals surface area contributed by atoms with Crippen molar-refractivity contribution in [1.82, 2.24) is 4.90 Å². The number of amides is 1. The van der Waals surface area contributed by atoms with E-state index in [1.54, 1.807) is 7.05 Å². The highest BCUT2D eigenvalue weighted by atomic mass is 79.9. The Morgan fingerprint density at radius 3 is 2.52 bits per heavy atom. The largest absolute Gasteiger partial charge is 0.335 e. The number of rotatable bonds is 9. The highest BCUT2D eigenvalue weighted by Crippen LogP contribution is 2.13. The molecule has 3 nitrogen and oxygen atoms in total. The van der Waals surface area contributed by atoms with Gasteiger partial charge >= 0.3 is 0 Å². The highest BCUT2D eigenvalue weighted by molar-refractivity contribution is 9.10. The zero-order chi connectivity index (χ0) is 15.7. The van der Waals surface area contributed by atoms with Crippen molar-refractivity contribution in [3.63, 3.8) is 0 Å². The number of ketones is 1. The first kappa shape index (κ1) is 17.9. The summed E-state index contributed by atoms with van der Waals surface area (Å²) in [4.78, 5) is 25.4. The predicted molar refractivity (Wildman–Crippen MR) is 89.0 cm³/mol. The lowest BCUT2D eigenvalue weighted by molar-refractivity contribution is -0.144. The molecule has 0 saturated heterocycles. The number of hydrogen-bond donors (Lipinski definition) is 0. The maximum absolute atomic E-state index is 12.0. The number of benzene rings is 1. The van der Waals surface area contributed by atoms with Crippen LogP contribution in [0, 0.1) is 0 Å². The molecule has 0 saturated carbocycles. The molecule has 4 heteroatoms. The molecule has 0 bridgehead atoms. The third-order valence-electron chi connectivity index (χ3n) is 3.40. The van der Waals surface area contributed by atoms with E-state index in [4.69, 9.17) is 0 Å². The van der Waals surface area contributed by atoms with Crippen molar-refractivity contribution in [2.45, 2.75) is 52.0 Å². The van der Waals surface area contributed by atoms with Gasteiger partial charge in [-0.2, -0.15) is 0 Å². The average molecular weight is 354 g/mol. The maximum atomic E-state index is 12.0. The van der Waals surface area contributed by atoms with Gasteiger partial charge in [0.2, 0.25) is 5.78 Å². The molecule has 0 aliphatic carbocycles. The number of nitrogens with zero attached hydrogens (tertiary/aromatic N) is 1. The van der Waals surface area contributed by atoms with Gasteiger partial charge in [-0.05, 0) is 24.1 Å². The van der Waals surface area contributed by atoms with Gasteiger partial charge in [-0.15, -0.1) is 0 Å². The molecule has 116 valence electrons. The number of carbonyl (C=O) groups excluding carboxylic acids is 2. The van der Waals surface area contributed by atoms with Gasteiger partial charge in [-0.3, -0.25) is 9.59 Å². The molecule has 1 aromatic rings. The molecule has 0 aliphatic heterocycles. The Labute approximate surface area is 135 Å². The van der Waals surface area contributed by atoms with E-state index >= 15 is 0 Å². The van der Waals surface area contributed by atoms with Crippen molar-refractivity contribution in [2.75, 3.05) is 7.05 Å². The first-order valence-electron chi connectivity index (χ1n) is 7.57. The van der Waals surface area contributed by atoms with Crippen LogP contribution in [0.25, 0.3) is 0 Å². The number of halogens is 1. The van der Waals surface area contributed by atoms with Gasteiger partial charge in [0.1, 0.15) is 0 Å². The zero-order valence-electron chi connectivity index (χ0n) is 12.9. The van der Waals surface area contributed by atoms with E-state index in [-0.39, 0.29) is 11.7 Å². The van der Waals surface area contributed by atoms with Gasteiger partial charge in [-0.25, -0.2) is 0 Å². The van der Waals surface area contributed by atoms with Gasteiger partial charge in [0.25, 0.3) is 5.91 Å². The lowest BCUT2D eigenvalue weighted by atomic mass is 10.1. The Kier molecular flexibility index (Phi) is 8.28. The second-order valence-corrected chi connectivity index (χ2v) is 6.29. The van der Waals surface area contributed by atoms with Crippen molar-refractivity contribution >= 4 is 27.6 Å². The number of carbonyl (C=O) groups is 2. The number of hydrogen-bond acceptors (Lipinski definition) is 2. The fourth-order valence-electron chi connectivity index (χ4n) is 2.19. The minimum atomic E-state index is -0.384. The van der Waals surface area contributed by atoms with Crippen molar-refractivity contribution in [1.29, 1.82) is 0 Å². The van der Waals surface area contributed by atoms with Crippen LogP contribution < -0.4 is 0 Å². The maximum Gasteiger partial charge on any atom is 0.289 e. The molecule has 0 fully saturated rings. The van der Waals surface area contributed by atoms with Crippen molar-refractivity contribution in [3.8, 4) is 0 Å². The molecule has 0 unspecified atom stereocenters. The third kappa shape index (κ3) is 6.89. The van der Waals surface area contributed by atoms with Crippen molar-refractivity contribution in [2.24, 2.45) is 0 Å². The molecule has 0 atom stereocenters. The van der Waals surface area contributed by atoms with E-state index in [0.29, 0.717) is 13.0 Å². The third-order valence-corrected chi connectivity index (χ3v) is 3.89. The lowest BCUT2D eigenvalue weighted by Crippen LogP contribution is -2.32. The Bertz CT molecular complexity index is 474. The predicted octanol–water partition coefficient (Wildman–Crippen LogP) is 4.34. The minimum Gasteiger partial charge on any atom is -0.335 e. The summed E-state index contributed by atoms with van der Waals surface area (Å²) in [7, 11) is 1.68. The van der Waals surface area contributed by atoms with Crippen LogP contribution in [-0.2, 0) is 16.1 Å². The molecule has 1 aromatic carbocycles. The van der Waals surface area contributed by atoms with Crippen LogP contribution in [0.3, 0.4) is 0 Å². The van der Waals surface area contributed by atoms with E-state index in [1.807, 2.05) is 24.3 Å². The lowest BCUT2D eigenvalue weighted by Gasteiger charge is -2.16. The summed E-state index contributed by atoms with van der Waals surface area (Å²) in [5.74, 6) is -0.658. The summed E-state index contributed by atoms with van der Waals surface area (Å²) in [6.45, 7) is 2.62. The summed E-state index contributed by atoms with van der Waals surface area (Å²) in [6.07, 6.45) is 5.74. The van der Waals surface area contributed by atoms with Crippen LogP contribution in [-0.4, -0.2) is 23.6 Å². The van der Waals surface area contributed by atoms with Crippen LogP contribution >= 0.6 is 15.9 Å². The second-order valence-electron chi connectivity index (χ2n) is 5.38. The van der Waals surface area contributed by atoms with Gasteiger partial charge in [0.15, 0.2) is 0 Å². The van der Waals surface area contributed by atoms with E-state index in [9.17, 15) is 9.59 Å². The van der Waals surface area contributed by atoms with E-state index < -0.39 is 0 Å². The molecule has 0 heterocycles. The summed E-state index contributed by atoms with van der Waals surface area (Å²) in [6, 6.07) is 7.77. The Morgan fingerprint density at radius 1 is 1.14 bits per heavy atom. The molecular weight excluding hydrogens is 330 g/mol. The first-order chi connectivity index (χ1) is 10.0. The van der Waals surface area contributed by atoms with Crippen LogP contribution in [0.1, 0.15) is 51.0 Å². The van der Waals surface area contributed by atoms with Gasteiger partial charge < -0.3 is 4.90 Å². The summed E-state index contributed by atoms with van der Waals surface area (Å²) < 4.78 is 0.975.